The van der Waals surface area contributed by atoms with Crippen LogP contribution in [-0.2, 0) is 9.53 Å². The van der Waals surface area contributed by atoms with Crippen molar-refractivity contribution in [2.75, 3.05) is 16.4 Å². The number of para-hydroxylation sites is 2. The Labute approximate surface area is 226 Å². The Balaban J connectivity index is 1.59. The van der Waals surface area contributed by atoms with Gasteiger partial charge in [-0.25, -0.2) is 4.79 Å². The van der Waals surface area contributed by atoms with Crippen LogP contribution < -0.4 is 16.4 Å². The van der Waals surface area contributed by atoms with Gasteiger partial charge in [-0.05, 0) is 103 Å². The summed E-state index contributed by atoms with van der Waals surface area (Å²) in [6.07, 6.45) is 3.58. The molecule has 0 fully saturated rings. The van der Waals surface area contributed by atoms with E-state index in [0.29, 0.717) is 41.9 Å². The van der Waals surface area contributed by atoms with E-state index in [-0.39, 0.29) is 11.7 Å². The third-order valence-electron chi connectivity index (χ3n) is 5.00. The van der Waals surface area contributed by atoms with Crippen LogP contribution in [0.15, 0.2) is 83.4 Å². The van der Waals surface area contributed by atoms with Crippen LogP contribution in [0.5, 0.6) is 5.75 Å². The molecular formula is C26H25BrIN3O4. The minimum Gasteiger partial charge on any atom is -0.508 e. The summed E-state index contributed by atoms with van der Waals surface area (Å²) in [4.78, 5) is 24.7. The number of halogens is 2. The fourth-order valence-corrected chi connectivity index (χ4v) is 4.05. The fraction of sp³-hybridized carbons (Fsp3) is 0.154. The Morgan fingerprint density at radius 2 is 1.83 bits per heavy atom. The van der Waals surface area contributed by atoms with Crippen LogP contribution in [0, 0.1) is 3.57 Å². The zero-order valence-corrected chi connectivity index (χ0v) is 22.5. The molecule has 0 aliphatic heterocycles. The van der Waals surface area contributed by atoms with E-state index < -0.39 is 12.2 Å². The first kappa shape index (κ1) is 26.6. The molecule has 0 saturated heterocycles. The maximum atomic E-state index is 12.6. The zero-order chi connectivity index (χ0) is 25.2. The molecule has 0 aromatic heterocycles. The van der Waals surface area contributed by atoms with Gasteiger partial charge in [0.25, 0.3) is 0 Å². The zero-order valence-electron chi connectivity index (χ0n) is 18.7. The smallest absolute Gasteiger partial charge is 0.412 e. The number of aromatic hydroxyl groups is 1. The minimum atomic E-state index is -0.661. The quantitative estimate of drug-likeness (QED) is 0.0863. The summed E-state index contributed by atoms with van der Waals surface area (Å²) in [5.41, 5.74) is 8.02. The molecule has 0 unspecified atom stereocenters. The molecule has 0 saturated carbocycles. The number of carbonyl (C=O) groups is 2. The van der Waals surface area contributed by atoms with E-state index in [9.17, 15) is 14.7 Å². The van der Waals surface area contributed by atoms with Crippen LogP contribution in [0.25, 0.3) is 0 Å². The second-order valence-electron chi connectivity index (χ2n) is 7.64. The van der Waals surface area contributed by atoms with Crippen LogP contribution >= 0.6 is 38.5 Å². The second kappa shape index (κ2) is 13.1. The first-order valence-corrected chi connectivity index (χ1v) is 12.7. The van der Waals surface area contributed by atoms with Crippen molar-refractivity contribution in [2.24, 2.45) is 0 Å². The maximum absolute atomic E-state index is 12.6. The van der Waals surface area contributed by atoms with Gasteiger partial charge in [0.1, 0.15) is 11.9 Å². The van der Waals surface area contributed by atoms with Crippen LogP contribution in [0.1, 0.15) is 30.9 Å². The number of carbonyl (C=O) groups excluding carboxylic acids is 2. The third-order valence-corrected chi connectivity index (χ3v) is 6.20. The van der Waals surface area contributed by atoms with Crippen molar-refractivity contribution in [3.8, 4) is 5.75 Å². The van der Waals surface area contributed by atoms with Crippen molar-refractivity contribution >= 4 is 67.6 Å². The summed E-state index contributed by atoms with van der Waals surface area (Å²) in [5.74, 6) is -0.220. The van der Waals surface area contributed by atoms with E-state index in [4.69, 9.17) is 10.5 Å². The lowest BCUT2D eigenvalue weighted by Crippen LogP contribution is -2.18. The molecule has 0 spiro atoms. The van der Waals surface area contributed by atoms with E-state index in [0.717, 1.165) is 8.04 Å². The third kappa shape index (κ3) is 8.59. The van der Waals surface area contributed by atoms with Crippen LogP contribution in [-0.4, -0.2) is 17.1 Å². The Hall–Kier alpha value is -3.05. The molecule has 0 heterocycles. The van der Waals surface area contributed by atoms with E-state index in [1.165, 1.54) is 6.08 Å². The molecule has 182 valence electrons. The topological polar surface area (TPSA) is 114 Å². The number of nitrogen functional groups attached to an aromatic ring is 1. The number of rotatable bonds is 9. The van der Waals surface area contributed by atoms with Gasteiger partial charge in [0.2, 0.25) is 5.91 Å². The van der Waals surface area contributed by atoms with Gasteiger partial charge >= 0.3 is 6.09 Å². The van der Waals surface area contributed by atoms with Crippen molar-refractivity contribution < 1.29 is 19.4 Å². The minimum absolute atomic E-state index is 0.0576. The Morgan fingerprint density at radius 3 is 2.57 bits per heavy atom. The molecule has 3 rings (SSSR count). The summed E-state index contributed by atoms with van der Waals surface area (Å²) in [6.45, 7) is 0. The van der Waals surface area contributed by atoms with E-state index in [2.05, 4.69) is 49.2 Å². The molecular weight excluding hydrogens is 625 g/mol. The summed E-state index contributed by atoms with van der Waals surface area (Å²) in [6, 6.07) is 19.3. The van der Waals surface area contributed by atoms with Gasteiger partial charge in [-0.2, -0.15) is 0 Å². The summed E-state index contributed by atoms with van der Waals surface area (Å²) in [7, 11) is 0. The molecule has 0 radical (unpaired) electrons. The molecule has 0 aliphatic carbocycles. The highest BCUT2D eigenvalue weighted by Crippen LogP contribution is 2.32. The van der Waals surface area contributed by atoms with Crippen molar-refractivity contribution in [1.29, 1.82) is 0 Å². The van der Waals surface area contributed by atoms with Gasteiger partial charge in [-0.15, -0.1) is 0 Å². The lowest BCUT2D eigenvalue weighted by atomic mass is 10.0. The Bertz CT molecular complexity index is 1200. The highest BCUT2D eigenvalue weighted by atomic mass is 127. The molecule has 3 aromatic carbocycles. The monoisotopic (exact) mass is 649 g/mol. The predicted molar refractivity (Wildman–Crippen MR) is 150 cm³/mol. The average Bonchev–Trinajstić information content (AvgIpc) is 2.82. The number of allylic oxidation sites excluding steroid dienone is 1. The summed E-state index contributed by atoms with van der Waals surface area (Å²) in [5, 5.41) is 15.8. The predicted octanol–water partition coefficient (Wildman–Crippen LogP) is 7.00. The van der Waals surface area contributed by atoms with Gasteiger partial charge < -0.3 is 20.9 Å². The molecule has 7 nitrogen and oxygen atoms in total. The molecule has 3 aromatic rings. The van der Waals surface area contributed by atoms with E-state index in [1.807, 2.05) is 12.1 Å². The first-order valence-electron chi connectivity index (χ1n) is 10.9. The summed E-state index contributed by atoms with van der Waals surface area (Å²) < 4.78 is 7.49. The number of unbranched alkanes of at least 4 members (excludes halogenated alkanes) is 1. The molecule has 0 aliphatic rings. The molecule has 1 atom stereocenters. The standard InChI is InChI=1S/C26H25BrIN3O4/c27-17-10-13-19(14-11-17)30-26(34)35-24(20-16-18(28)12-15-23(20)32)8-2-1-3-9-25(33)31-22-7-5-4-6-21(22)29/h3-7,9-16,24,32H,1-2,8,29H2,(H,30,34)(H,31,33)/b9-3+/t24-/m1/s1. The van der Waals surface area contributed by atoms with Gasteiger partial charge in [-0.3, -0.25) is 10.1 Å². The first-order chi connectivity index (χ1) is 16.8. The molecule has 5 N–H and O–H groups in total. The number of anilines is 3. The van der Waals surface area contributed by atoms with Crippen molar-refractivity contribution in [3.05, 3.63) is 92.5 Å². The van der Waals surface area contributed by atoms with Gasteiger partial charge in [0.15, 0.2) is 0 Å². The Morgan fingerprint density at radius 1 is 1.09 bits per heavy atom. The number of nitrogens with two attached hydrogens (primary N) is 1. The lowest BCUT2D eigenvalue weighted by Gasteiger charge is -2.20. The number of phenols is 1. The second-order valence-corrected chi connectivity index (χ2v) is 9.80. The maximum Gasteiger partial charge on any atom is 0.412 e. The molecule has 9 heteroatoms. The number of amides is 2. The van der Waals surface area contributed by atoms with Crippen LogP contribution in [0.3, 0.4) is 0 Å². The number of nitrogens with one attached hydrogen (secondary N) is 2. The lowest BCUT2D eigenvalue weighted by molar-refractivity contribution is -0.111. The fourth-order valence-electron chi connectivity index (χ4n) is 3.27. The highest BCUT2D eigenvalue weighted by Gasteiger charge is 2.20. The normalized spacial score (nSPS) is 11.7. The number of phenolic OH excluding ortho intramolecular Hbond substituents is 1. The van der Waals surface area contributed by atoms with Gasteiger partial charge in [0, 0.05) is 19.3 Å². The largest absolute Gasteiger partial charge is 0.508 e. The van der Waals surface area contributed by atoms with Crippen molar-refractivity contribution in [2.45, 2.75) is 25.4 Å². The highest BCUT2D eigenvalue weighted by molar-refractivity contribution is 14.1. The van der Waals surface area contributed by atoms with Crippen LogP contribution in [0.4, 0.5) is 21.9 Å². The molecule has 2 amide bonds. The van der Waals surface area contributed by atoms with E-state index >= 15 is 0 Å². The number of hydrogen-bond acceptors (Lipinski definition) is 5. The number of hydrogen-bond donors (Lipinski definition) is 4. The molecule has 0 bridgehead atoms. The Kier molecular flexibility index (Phi) is 9.98. The van der Waals surface area contributed by atoms with Gasteiger partial charge in [-0.1, -0.05) is 34.1 Å². The van der Waals surface area contributed by atoms with E-state index in [1.54, 1.807) is 60.7 Å². The average molecular weight is 650 g/mol. The number of benzene rings is 3. The van der Waals surface area contributed by atoms with Crippen LogP contribution in [0.2, 0.25) is 0 Å². The molecule has 35 heavy (non-hydrogen) atoms. The van der Waals surface area contributed by atoms with Gasteiger partial charge in [0.05, 0.1) is 11.4 Å². The summed E-state index contributed by atoms with van der Waals surface area (Å²) >= 11 is 5.50. The SMILES string of the molecule is Nc1ccccc1NC(=O)/C=C/CCC[C@@H](OC(=O)Nc1ccc(Br)cc1)c1cc(I)ccc1O. The number of ether oxygens (including phenoxy) is 1. The van der Waals surface area contributed by atoms with Crippen molar-refractivity contribution in [1.82, 2.24) is 0 Å². The van der Waals surface area contributed by atoms with Crippen molar-refractivity contribution in [3.63, 3.8) is 0 Å².